The van der Waals surface area contributed by atoms with Crippen molar-refractivity contribution in [1.29, 1.82) is 0 Å². The molecule has 4 aromatic heterocycles. The number of nitrogens with one attached hydrogen (secondary N) is 3. The van der Waals surface area contributed by atoms with Crippen LogP contribution in [0.4, 0.5) is 34.7 Å². The summed E-state index contributed by atoms with van der Waals surface area (Å²) < 4.78 is 38.7. The van der Waals surface area contributed by atoms with E-state index in [1.165, 1.54) is 17.7 Å². The number of nitrogens with zero attached hydrogens (tertiary/aromatic N) is 4. The molecule has 13 heteroatoms. The largest absolute Gasteiger partial charge is 0.417 e. The Kier molecular flexibility index (Phi) is 5.95. The number of carbonyl (C=O) groups excluding carboxylic acids is 1. The molecular weight excluding hydrogens is 451 g/mol. The number of halogens is 3. The Balaban J connectivity index is 1.27. The Bertz CT molecular complexity index is 1190. The molecule has 0 aliphatic heterocycles. The van der Waals surface area contributed by atoms with E-state index in [-0.39, 0.29) is 5.82 Å². The van der Waals surface area contributed by atoms with Crippen molar-refractivity contribution < 1.29 is 18.0 Å². The Labute approximate surface area is 181 Å². The molecule has 0 fully saturated rings. The lowest BCUT2D eigenvalue weighted by atomic mass is 10.3. The van der Waals surface area contributed by atoms with Crippen LogP contribution in [-0.4, -0.2) is 32.5 Å². The molecule has 0 saturated heterocycles. The number of hydrogen-bond acceptors (Lipinski definition) is 8. The first-order valence-electron chi connectivity index (χ1n) is 8.86. The molecule has 4 aromatic rings. The van der Waals surface area contributed by atoms with E-state index in [2.05, 4.69) is 35.9 Å². The van der Waals surface area contributed by atoms with E-state index < -0.39 is 17.8 Å². The number of hydrogen-bond donors (Lipinski definition) is 3. The van der Waals surface area contributed by atoms with Crippen molar-refractivity contribution in [2.45, 2.75) is 12.6 Å². The summed E-state index contributed by atoms with van der Waals surface area (Å²) in [5.74, 6) is 0.766. The van der Waals surface area contributed by atoms with E-state index in [1.807, 2.05) is 11.4 Å². The lowest BCUT2D eigenvalue weighted by Crippen LogP contribution is -2.20. The van der Waals surface area contributed by atoms with Gasteiger partial charge in [0.15, 0.2) is 5.13 Å². The third-order valence-electron chi connectivity index (χ3n) is 4.01. The third kappa shape index (κ3) is 5.24. The first-order valence-corrected chi connectivity index (χ1v) is 10.6. The van der Waals surface area contributed by atoms with Crippen molar-refractivity contribution >= 4 is 55.7 Å². The Morgan fingerprint density at radius 2 is 1.90 bits per heavy atom. The summed E-state index contributed by atoms with van der Waals surface area (Å²) in [4.78, 5) is 29.1. The molecule has 0 aromatic carbocycles. The monoisotopic (exact) mass is 465 g/mol. The Morgan fingerprint density at radius 3 is 2.68 bits per heavy atom. The molecule has 8 nitrogen and oxygen atoms in total. The maximum Gasteiger partial charge on any atom is 0.417 e. The normalized spacial score (nSPS) is 11.5. The minimum Gasteiger partial charge on any atom is -0.368 e. The van der Waals surface area contributed by atoms with Gasteiger partial charge in [0.05, 0.1) is 15.8 Å². The average molecular weight is 465 g/mol. The standard InChI is InChI=1S/C18H14F3N7OS2/c19-18(20,21)10-1-2-13(23-7-10)27-16(29)28-17-24-8-11(31-17)3-5-22-15-14-12(4-6-30-14)25-9-26-15/h1-2,4,6-9H,3,5H2,(H,22,25,26)(H2,23,24,27,28,29). The van der Waals surface area contributed by atoms with E-state index in [0.717, 1.165) is 33.0 Å². The highest BCUT2D eigenvalue weighted by Crippen LogP contribution is 2.29. The number of alkyl halides is 3. The van der Waals surface area contributed by atoms with Crippen molar-refractivity contribution in [2.75, 3.05) is 22.5 Å². The molecule has 3 N–H and O–H groups in total. The molecular formula is C18H14F3N7OS2. The van der Waals surface area contributed by atoms with Gasteiger partial charge in [-0.3, -0.25) is 10.6 Å². The summed E-state index contributed by atoms with van der Waals surface area (Å²) in [6.45, 7) is 0.618. The van der Waals surface area contributed by atoms with Gasteiger partial charge in [0.1, 0.15) is 18.0 Å². The Hall–Kier alpha value is -3.32. The fourth-order valence-corrected chi connectivity index (χ4v) is 4.20. The lowest BCUT2D eigenvalue weighted by molar-refractivity contribution is -0.137. The SMILES string of the molecule is O=C(Nc1ccc(C(F)(F)F)cn1)Nc1ncc(CCNc2ncnc3ccsc23)s1. The van der Waals surface area contributed by atoms with Gasteiger partial charge in [0.25, 0.3) is 0 Å². The first kappa shape index (κ1) is 20.9. The van der Waals surface area contributed by atoms with Crippen LogP contribution in [0.5, 0.6) is 0 Å². The van der Waals surface area contributed by atoms with Gasteiger partial charge in [-0.1, -0.05) is 0 Å². The molecule has 0 spiro atoms. The molecule has 0 bridgehead atoms. The molecule has 0 aliphatic rings. The summed E-state index contributed by atoms with van der Waals surface area (Å²) >= 11 is 2.86. The highest BCUT2D eigenvalue weighted by atomic mass is 32.1. The van der Waals surface area contributed by atoms with E-state index in [9.17, 15) is 18.0 Å². The van der Waals surface area contributed by atoms with Crippen LogP contribution in [0.2, 0.25) is 0 Å². The number of aromatic nitrogens is 4. The molecule has 0 unspecified atom stereocenters. The van der Waals surface area contributed by atoms with Crippen LogP contribution >= 0.6 is 22.7 Å². The summed E-state index contributed by atoms with van der Waals surface area (Å²) in [7, 11) is 0. The number of pyridine rings is 1. The van der Waals surface area contributed by atoms with Crippen molar-refractivity contribution in [3.05, 3.63) is 52.7 Å². The van der Waals surface area contributed by atoms with Crippen LogP contribution < -0.4 is 16.0 Å². The van der Waals surface area contributed by atoms with E-state index in [1.54, 1.807) is 17.5 Å². The fraction of sp³-hybridized carbons (Fsp3) is 0.167. The van der Waals surface area contributed by atoms with Crippen LogP contribution in [0.3, 0.4) is 0 Å². The number of anilines is 3. The topological polar surface area (TPSA) is 105 Å². The fourth-order valence-electron chi connectivity index (χ4n) is 2.58. The van der Waals surface area contributed by atoms with Gasteiger partial charge in [0, 0.05) is 30.2 Å². The predicted octanol–water partition coefficient (Wildman–Crippen LogP) is 4.86. The van der Waals surface area contributed by atoms with Gasteiger partial charge in [0.2, 0.25) is 0 Å². The molecule has 4 rings (SSSR count). The van der Waals surface area contributed by atoms with Gasteiger partial charge in [-0.15, -0.1) is 22.7 Å². The number of thiazole rings is 1. The van der Waals surface area contributed by atoms with Crippen molar-refractivity contribution in [2.24, 2.45) is 0 Å². The summed E-state index contributed by atoms with van der Waals surface area (Å²) in [6, 6.07) is 3.21. The summed E-state index contributed by atoms with van der Waals surface area (Å²) in [6.07, 6.45) is 0.00246. The molecule has 160 valence electrons. The zero-order valence-electron chi connectivity index (χ0n) is 15.6. The van der Waals surface area contributed by atoms with Crippen LogP contribution in [0, 0.1) is 0 Å². The molecule has 2 amide bonds. The smallest absolute Gasteiger partial charge is 0.368 e. The van der Waals surface area contributed by atoms with Gasteiger partial charge in [-0.25, -0.2) is 24.7 Å². The molecule has 4 heterocycles. The highest BCUT2D eigenvalue weighted by Gasteiger charge is 2.30. The highest BCUT2D eigenvalue weighted by molar-refractivity contribution is 7.17. The van der Waals surface area contributed by atoms with Crippen LogP contribution in [0.25, 0.3) is 10.2 Å². The van der Waals surface area contributed by atoms with Gasteiger partial charge < -0.3 is 5.32 Å². The Morgan fingerprint density at radius 1 is 1.03 bits per heavy atom. The van der Waals surface area contributed by atoms with Gasteiger partial charge >= 0.3 is 12.2 Å². The zero-order valence-corrected chi connectivity index (χ0v) is 17.2. The summed E-state index contributed by atoms with van der Waals surface area (Å²) in [5.41, 5.74) is -0.00117. The maximum absolute atomic E-state index is 12.6. The molecule has 0 aliphatic carbocycles. The van der Waals surface area contributed by atoms with Crippen LogP contribution in [0.15, 0.2) is 42.3 Å². The molecule has 0 saturated carbocycles. The summed E-state index contributed by atoms with van der Waals surface area (Å²) in [5, 5.41) is 10.5. The minimum atomic E-state index is -4.48. The number of urea groups is 1. The minimum absolute atomic E-state index is 0.00350. The average Bonchev–Trinajstić information content (AvgIpc) is 3.37. The van der Waals surface area contributed by atoms with Gasteiger partial charge in [-0.2, -0.15) is 13.2 Å². The number of carbonyl (C=O) groups is 1. The lowest BCUT2D eigenvalue weighted by Gasteiger charge is -2.08. The predicted molar refractivity (Wildman–Crippen MR) is 114 cm³/mol. The number of fused-ring (bicyclic) bond motifs is 1. The number of amides is 2. The quantitative estimate of drug-likeness (QED) is 0.376. The van der Waals surface area contributed by atoms with E-state index >= 15 is 0 Å². The maximum atomic E-state index is 12.6. The molecule has 31 heavy (non-hydrogen) atoms. The second kappa shape index (κ2) is 8.81. The zero-order chi connectivity index (χ0) is 21.8. The second-order valence-corrected chi connectivity index (χ2v) is 8.21. The van der Waals surface area contributed by atoms with Crippen molar-refractivity contribution in [3.63, 3.8) is 0 Å². The van der Waals surface area contributed by atoms with Crippen molar-refractivity contribution in [1.82, 2.24) is 19.9 Å². The van der Waals surface area contributed by atoms with E-state index in [0.29, 0.717) is 24.3 Å². The number of thiophene rings is 1. The first-order chi connectivity index (χ1) is 14.9. The van der Waals surface area contributed by atoms with Crippen LogP contribution in [0.1, 0.15) is 10.4 Å². The van der Waals surface area contributed by atoms with Crippen LogP contribution in [-0.2, 0) is 12.6 Å². The van der Waals surface area contributed by atoms with Crippen molar-refractivity contribution in [3.8, 4) is 0 Å². The van der Waals surface area contributed by atoms with E-state index in [4.69, 9.17) is 0 Å². The second-order valence-electron chi connectivity index (χ2n) is 6.17. The molecule has 0 radical (unpaired) electrons. The number of rotatable bonds is 6. The third-order valence-corrected chi connectivity index (χ3v) is 5.90. The molecule has 0 atom stereocenters. The van der Waals surface area contributed by atoms with Gasteiger partial charge in [-0.05, 0) is 23.6 Å².